The number of benzene rings is 3. The van der Waals surface area contributed by atoms with Crippen molar-refractivity contribution in [1.29, 1.82) is 0 Å². The van der Waals surface area contributed by atoms with Crippen molar-refractivity contribution in [2.45, 2.75) is 0 Å². The summed E-state index contributed by atoms with van der Waals surface area (Å²) in [6.45, 7) is 7.41. The van der Waals surface area contributed by atoms with Gasteiger partial charge in [0.1, 0.15) is 0 Å². The van der Waals surface area contributed by atoms with Crippen LogP contribution in [-0.2, 0) is 0 Å². The Morgan fingerprint density at radius 2 is 1.28 bits per heavy atom. The minimum absolute atomic E-state index is 0.681. The van der Waals surface area contributed by atoms with Crippen LogP contribution in [0.2, 0.25) is 0 Å². The molecular formula is C17H9N. The second-order valence-corrected chi connectivity index (χ2v) is 4.07. The standard InChI is InChI=1S/C17H9N/c1-3-12-13-8-4-6-10-15(13)17(18-2)16-11-7-5-9-14(12)16/h1,4-11H. The molecule has 0 N–H and O–H groups in total. The van der Waals surface area contributed by atoms with E-state index < -0.39 is 0 Å². The Bertz CT molecular complexity index is 716. The molecule has 0 saturated carbocycles. The Morgan fingerprint density at radius 1 is 0.833 bits per heavy atom. The lowest BCUT2D eigenvalue weighted by molar-refractivity contribution is 1.74. The van der Waals surface area contributed by atoms with E-state index in [4.69, 9.17) is 13.0 Å². The van der Waals surface area contributed by atoms with Gasteiger partial charge in [-0.3, -0.25) is 0 Å². The van der Waals surface area contributed by atoms with Crippen LogP contribution in [-0.4, -0.2) is 0 Å². The molecule has 18 heavy (non-hydrogen) atoms. The fourth-order valence-electron chi connectivity index (χ4n) is 2.38. The molecule has 0 aliphatic heterocycles. The highest BCUT2D eigenvalue weighted by molar-refractivity contribution is 6.15. The van der Waals surface area contributed by atoms with E-state index in [9.17, 15) is 0 Å². The number of terminal acetylenes is 1. The van der Waals surface area contributed by atoms with Crippen LogP contribution in [0.4, 0.5) is 5.69 Å². The largest absolute Gasteiger partial charge is 0.237 e. The van der Waals surface area contributed by atoms with Gasteiger partial charge in [0, 0.05) is 5.56 Å². The molecule has 0 unspecified atom stereocenters. The number of hydrogen-bond acceptors (Lipinski definition) is 0. The van der Waals surface area contributed by atoms with E-state index >= 15 is 0 Å². The summed E-state index contributed by atoms with van der Waals surface area (Å²) in [5.74, 6) is 2.76. The minimum Gasteiger partial charge on any atom is -0.237 e. The first kappa shape index (κ1) is 10.4. The maximum Gasteiger partial charge on any atom is 0.202 e. The third-order valence-electron chi connectivity index (χ3n) is 3.16. The fourth-order valence-corrected chi connectivity index (χ4v) is 2.38. The Hall–Kier alpha value is -2.77. The fraction of sp³-hybridized carbons (Fsp3) is 0. The zero-order valence-corrected chi connectivity index (χ0v) is 9.64. The quantitative estimate of drug-likeness (QED) is 0.302. The molecule has 1 heteroatoms. The molecule has 0 aromatic heterocycles. The Morgan fingerprint density at radius 3 is 1.67 bits per heavy atom. The summed E-state index contributed by atoms with van der Waals surface area (Å²) >= 11 is 0. The number of rotatable bonds is 0. The summed E-state index contributed by atoms with van der Waals surface area (Å²) in [6.07, 6.45) is 5.65. The average Bonchev–Trinajstić information content (AvgIpc) is 2.44. The van der Waals surface area contributed by atoms with E-state index in [-0.39, 0.29) is 0 Å². The Labute approximate surface area is 105 Å². The molecule has 3 aromatic rings. The third-order valence-corrected chi connectivity index (χ3v) is 3.16. The lowest BCUT2D eigenvalue weighted by atomic mass is 9.95. The lowest BCUT2D eigenvalue weighted by Crippen LogP contribution is -1.84. The normalized spacial score (nSPS) is 10.1. The van der Waals surface area contributed by atoms with Crippen LogP contribution in [0.1, 0.15) is 5.56 Å². The van der Waals surface area contributed by atoms with Crippen molar-refractivity contribution in [3.63, 3.8) is 0 Å². The summed E-state index contributed by atoms with van der Waals surface area (Å²) in [4.78, 5) is 3.68. The maximum atomic E-state index is 7.41. The summed E-state index contributed by atoms with van der Waals surface area (Å²) in [7, 11) is 0. The van der Waals surface area contributed by atoms with Crippen LogP contribution in [0.3, 0.4) is 0 Å². The Balaban J connectivity index is 2.73. The summed E-state index contributed by atoms with van der Waals surface area (Å²) in [5.41, 5.74) is 1.55. The highest BCUT2D eigenvalue weighted by Crippen LogP contribution is 2.37. The van der Waals surface area contributed by atoms with Gasteiger partial charge in [0.15, 0.2) is 0 Å². The van der Waals surface area contributed by atoms with Gasteiger partial charge in [0.25, 0.3) is 0 Å². The first-order chi connectivity index (χ1) is 8.86. The topological polar surface area (TPSA) is 4.36 Å². The molecule has 1 nitrogen and oxygen atoms in total. The van der Waals surface area contributed by atoms with Crippen LogP contribution in [0.25, 0.3) is 26.4 Å². The van der Waals surface area contributed by atoms with Gasteiger partial charge in [-0.1, -0.05) is 54.5 Å². The van der Waals surface area contributed by atoms with Gasteiger partial charge in [0.2, 0.25) is 5.69 Å². The van der Waals surface area contributed by atoms with Crippen LogP contribution in [0.5, 0.6) is 0 Å². The van der Waals surface area contributed by atoms with Gasteiger partial charge >= 0.3 is 0 Å². The number of fused-ring (bicyclic) bond motifs is 2. The van der Waals surface area contributed by atoms with E-state index in [0.29, 0.717) is 5.69 Å². The monoisotopic (exact) mass is 227 g/mol. The highest BCUT2D eigenvalue weighted by Gasteiger charge is 2.11. The molecule has 0 fully saturated rings. The molecule has 0 radical (unpaired) electrons. The lowest BCUT2D eigenvalue weighted by Gasteiger charge is -2.09. The van der Waals surface area contributed by atoms with E-state index in [1.54, 1.807) is 0 Å². The summed E-state index contributed by atoms with van der Waals surface area (Å²) in [6, 6.07) is 15.6. The van der Waals surface area contributed by atoms with Crippen molar-refractivity contribution >= 4 is 27.2 Å². The van der Waals surface area contributed by atoms with Gasteiger partial charge in [-0.25, -0.2) is 4.85 Å². The zero-order chi connectivity index (χ0) is 12.5. The van der Waals surface area contributed by atoms with Gasteiger partial charge in [0.05, 0.1) is 6.57 Å². The average molecular weight is 227 g/mol. The molecule has 0 bridgehead atoms. The van der Waals surface area contributed by atoms with Crippen molar-refractivity contribution in [1.82, 2.24) is 0 Å². The molecule has 3 rings (SSSR count). The van der Waals surface area contributed by atoms with Crippen molar-refractivity contribution in [3.05, 3.63) is 65.5 Å². The molecule has 0 spiro atoms. The van der Waals surface area contributed by atoms with Crippen molar-refractivity contribution in [2.75, 3.05) is 0 Å². The zero-order valence-electron chi connectivity index (χ0n) is 9.64. The van der Waals surface area contributed by atoms with Crippen LogP contribution >= 0.6 is 0 Å². The molecule has 0 aliphatic rings. The smallest absolute Gasteiger partial charge is 0.202 e. The third kappa shape index (κ3) is 1.29. The van der Waals surface area contributed by atoms with Crippen molar-refractivity contribution in [3.8, 4) is 12.3 Å². The predicted octanol–water partition coefficient (Wildman–Crippen LogP) is 4.53. The number of nitrogens with zero attached hydrogens (tertiary/aromatic N) is 1. The second-order valence-electron chi connectivity index (χ2n) is 4.07. The van der Waals surface area contributed by atoms with E-state index in [2.05, 4.69) is 10.8 Å². The van der Waals surface area contributed by atoms with E-state index in [1.807, 2.05) is 48.5 Å². The molecule has 0 heterocycles. The van der Waals surface area contributed by atoms with Crippen LogP contribution in [0.15, 0.2) is 48.5 Å². The maximum absolute atomic E-state index is 7.41. The highest BCUT2D eigenvalue weighted by atomic mass is 14.6. The molecule has 0 aliphatic carbocycles. The molecule has 0 atom stereocenters. The molecule has 0 amide bonds. The van der Waals surface area contributed by atoms with E-state index in [1.165, 1.54) is 0 Å². The van der Waals surface area contributed by atoms with Crippen molar-refractivity contribution < 1.29 is 0 Å². The molecular weight excluding hydrogens is 218 g/mol. The van der Waals surface area contributed by atoms with Crippen LogP contribution < -0.4 is 0 Å². The van der Waals surface area contributed by atoms with Gasteiger partial charge in [-0.15, -0.1) is 6.42 Å². The first-order valence-corrected chi connectivity index (χ1v) is 5.64. The first-order valence-electron chi connectivity index (χ1n) is 5.64. The SMILES string of the molecule is [C-]#[N+]c1c2ccccc2c(C#C)c2ccccc12. The molecule has 3 aromatic carbocycles. The van der Waals surface area contributed by atoms with E-state index in [0.717, 1.165) is 27.1 Å². The van der Waals surface area contributed by atoms with Crippen LogP contribution in [0, 0.1) is 18.9 Å². The summed E-state index contributed by atoms with van der Waals surface area (Å²) in [5, 5.41) is 3.81. The Kier molecular flexibility index (Phi) is 2.26. The molecule has 0 saturated heterocycles. The second kappa shape index (κ2) is 3.91. The van der Waals surface area contributed by atoms with Crippen molar-refractivity contribution in [2.24, 2.45) is 0 Å². The van der Waals surface area contributed by atoms with Gasteiger partial charge in [-0.2, -0.15) is 0 Å². The molecule has 82 valence electrons. The van der Waals surface area contributed by atoms with Gasteiger partial charge in [-0.05, 0) is 21.5 Å². The van der Waals surface area contributed by atoms with Gasteiger partial charge < -0.3 is 0 Å². The number of hydrogen-bond donors (Lipinski definition) is 0. The predicted molar refractivity (Wildman–Crippen MR) is 75.7 cm³/mol. The summed E-state index contributed by atoms with van der Waals surface area (Å²) < 4.78 is 0. The minimum atomic E-state index is 0.681.